The summed E-state index contributed by atoms with van der Waals surface area (Å²) in [5.41, 5.74) is 0.103. The molecule has 0 unspecified atom stereocenters. The van der Waals surface area contributed by atoms with Crippen molar-refractivity contribution in [3.05, 3.63) is 35.6 Å². The molecule has 1 rings (SSSR count). The molecule has 0 saturated carbocycles. The number of nitrogens with one attached hydrogen (secondary N) is 1. The van der Waals surface area contributed by atoms with Crippen molar-refractivity contribution in [1.82, 2.24) is 5.32 Å². The fourth-order valence-electron chi connectivity index (χ4n) is 1.47. The van der Waals surface area contributed by atoms with Crippen molar-refractivity contribution < 1.29 is 18.7 Å². The van der Waals surface area contributed by atoms with Gasteiger partial charge in [0, 0.05) is 12.0 Å². The Morgan fingerprint density at radius 1 is 1.53 bits per heavy atom. The molecular weight excluding hydrogens is 251 g/mol. The monoisotopic (exact) mass is 264 g/mol. The lowest BCUT2D eigenvalue weighted by Gasteiger charge is -2.15. The molecule has 0 heterocycles. The molecule has 0 spiro atoms. The van der Waals surface area contributed by atoms with E-state index in [0.29, 0.717) is 0 Å². The van der Waals surface area contributed by atoms with E-state index in [-0.39, 0.29) is 18.4 Å². The Morgan fingerprint density at radius 2 is 2.26 bits per heavy atom. The fraction of sp³-hybridized carbons (Fsp3) is 0.308. The highest BCUT2D eigenvalue weighted by Gasteiger charge is 2.21. The molecule has 100 valence electrons. The molecule has 0 bridgehead atoms. The lowest BCUT2D eigenvalue weighted by atomic mass is 10.1. The number of hydrogen-bond donors (Lipinski definition) is 1. The molecule has 6 heteroatoms. The number of esters is 1. The fourth-order valence-corrected chi connectivity index (χ4v) is 1.47. The van der Waals surface area contributed by atoms with Crippen LogP contribution in [0.5, 0.6) is 0 Å². The zero-order valence-electron chi connectivity index (χ0n) is 10.4. The van der Waals surface area contributed by atoms with Gasteiger partial charge < -0.3 is 10.1 Å². The van der Waals surface area contributed by atoms with Crippen molar-refractivity contribution in [2.75, 3.05) is 7.11 Å². The van der Waals surface area contributed by atoms with E-state index in [9.17, 15) is 14.0 Å². The Morgan fingerprint density at radius 3 is 2.84 bits per heavy atom. The lowest BCUT2D eigenvalue weighted by molar-refractivity contribution is -0.143. The minimum absolute atomic E-state index is 0.100. The molecule has 0 aliphatic carbocycles. The van der Waals surface area contributed by atoms with Crippen LogP contribution in [0.15, 0.2) is 24.3 Å². The summed E-state index contributed by atoms with van der Waals surface area (Å²) < 4.78 is 17.5. The van der Waals surface area contributed by atoms with E-state index in [1.165, 1.54) is 25.3 Å². The van der Waals surface area contributed by atoms with E-state index >= 15 is 0 Å². The van der Waals surface area contributed by atoms with E-state index < -0.39 is 23.7 Å². The first-order valence-corrected chi connectivity index (χ1v) is 5.59. The van der Waals surface area contributed by atoms with E-state index in [4.69, 9.17) is 5.26 Å². The van der Waals surface area contributed by atoms with E-state index in [0.717, 1.165) is 6.07 Å². The zero-order chi connectivity index (χ0) is 14.3. The quantitative estimate of drug-likeness (QED) is 0.815. The van der Waals surface area contributed by atoms with Crippen LogP contribution in [0.2, 0.25) is 0 Å². The van der Waals surface area contributed by atoms with Crippen LogP contribution in [0.4, 0.5) is 4.39 Å². The van der Waals surface area contributed by atoms with Crippen LogP contribution in [0.3, 0.4) is 0 Å². The maximum Gasteiger partial charge on any atom is 0.328 e. The number of ether oxygens (including phenoxy) is 1. The molecule has 0 radical (unpaired) electrons. The average Bonchev–Trinajstić information content (AvgIpc) is 2.42. The predicted molar refractivity (Wildman–Crippen MR) is 64.5 cm³/mol. The van der Waals surface area contributed by atoms with Crippen molar-refractivity contribution in [3.63, 3.8) is 0 Å². The summed E-state index contributed by atoms with van der Waals surface area (Å²) in [6, 6.07) is 6.06. The van der Waals surface area contributed by atoms with Crippen LogP contribution in [-0.2, 0) is 9.53 Å². The molecule has 1 aromatic carbocycles. The Kier molecular flexibility index (Phi) is 5.48. The van der Waals surface area contributed by atoms with Crippen LogP contribution in [0, 0.1) is 17.1 Å². The molecule has 1 aromatic rings. The molecule has 0 aliphatic heterocycles. The number of hydrogen-bond acceptors (Lipinski definition) is 4. The van der Waals surface area contributed by atoms with Crippen LogP contribution >= 0.6 is 0 Å². The van der Waals surface area contributed by atoms with Gasteiger partial charge in [0.15, 0.2) is 0 Å². The Labute approximate surface area is 110 Å². The molecule has 1 atom stereocenters. The minimum atomic E-state index is -0.916. The second kappa shape index (κ2) is 7.11. The molecule has 0 saturated heterocycles. The van der Waals surface area contributed by atoms with Crippen molar-refractivity contribution in [2.24, 2.45) is 0 Å². The third-order valence-corrected chi connectivity index (χ3v) is 2.42. The molecule has 1 amide bonds. The first-order chi connectivity index (χ1) is 9.08. The molecule has 0 fully saturated rings. The van der Waals surface area contributed by atoms with E-state index in [1.54, 1.807) is 0 Å². The van der Waals surface area contributed by atoms with Crippen LogP contribution in [0.25, 0.3) is 0 Å². The maximum absolute atomic E-state index is 13.0. The van der Waals surface area contributed by atoms with Gasteiger partial charge in [-0.1, -0.05) is 6.07 Å². The highest BCUT2D eigenvalue weighted by Crippen LogP contribution is 2.06. The number of halogens is 1. The Balaban J connectivity index is 2.76. The van der Waals surface area contributed by atoms with Gasteiger partial charge in [0.05, 0.1) is 13.2 Å². The first-order valence-electron chi connectivity index (χ1n) is 5.59. The molecule has 5 nitrogen and oxygen atoms in total. The molecule has 0 aliphatic rings. The topological polar surface area (TPSA) is 79.2 Å². The second-order valence-electron chi connectivity index (χ2n) is 3.76. The summed E-state index contributed by atoms with van der Waals surface area (Å²) in [5, 5.41) is 10.9. The number of rotatable bonds is 5. The lowest BCUT2D eigenvalue weighted by Crippen LogP contribution is -2.41. The van der Waals surface area contributed by atoms with Crippen molar-refractivity contribution in [3.8, 4) is 6.07 Å². The van der Waals surface area contributed by atoms with E-state index in [1.807, 2.05) is 6.07 Å². The maximum atomic E-state index is 13.0. The van der Waals surface area contributed by atoms with Gasteiger partial charge in [-0.2, -0.15) is 5.26 Å². The zero-order valence-corrected chi connectivity index (χ0v) is 10.4. The molecule has 0 aromatic heterocycles. The first kappa shape index (κ1) is 14.6. The van der Waals surface area contributed by atoms with Crippen LogP contribution in [-0.4, -0.2) is 25.0 Å². The number of amides is 1. The number of methoxy groups -OCH3 is 1. The minimum Gasteiger partial charge on any atom is -0.467 e. The largest absolute Gasteiger partial charge is 0.467 e. The third-order valence-electron chi connectivity index (χ3n) is 2.42. The van der Waals surface area contributed by atoms with Gasteiger partial charge in [0.1, 0.15) is 11.9 Å². The highest BCUT2D eigenvalue weighted by molar-refractivity contribution is 5.96. The Hall–Kier alpha value is -2.42. The third kappa shape index (κ3) is 4.39. The normalized spacial score (nSPS) is 11.2. The predicted octanol–water partition coefficient (Wildman–Crippen LogP) is 1.40. The van der Waals surface area contributed by atoms with Crippen molar-refractivity contribution >= 4 is 11.9 Å². The van der Waals surface area contributed by atoms with Gasteiger partial charge in [-0.15, -0.1) is 0 Å². The summed E-state index contributed by atoms with van der Waals surface area (Å²) in [6.45, 7) is 0. The van der Waals surface area contributed by atoms with Gasteiger partial charge in [0.25, 0.3) is 5.91 Å². The summed E-state index contributed by atoms with van der Waals surface area (Å²) in [5.74, 6) is -1.77. The van der Waals surface area contributed by atoms with Crippen LogP contribution < -0.4 is 5.32 Å². The van der Waals surface area contributed by atoms with Gasteiger partial charge in [0.2, 0.25) is 0 Å². The summed E-state index contributed by atoms with van der Waals surface area (Å²) >= 11 is 0. The summed E-state index contributed by atoms with van der Waals surface area (Å²) in [7, 11) is 1.19. The standard InChI is InChI=1S/C13H13FN2O3/c1-19-13(18)11(6-3-7-15)16-12(17)9-4-2-5-10(14)8-9/h2,4-5,8,11H,3,6H2,1H3,(H,16,17)/t11-/m0/s1. The van der Waals surface area contributed by atoms with Gasteiger partial charge in [-0.3, -0.25) is 4.79 Å². The summed E-state index contributed by atoms with van der Waals surface area (Å²) in [4.78, 5) is 23.3. The van der Waals surface area contributed by atoms with Gasteiger partial charge in [-0.05, 0) is 24.6 Å². The van der Waals surface area contributed by atoms with Gasteiger partial charge in [-0.25, -0.2) is 9.18 Å². The highest BCUT2D eigenvalue weighted by atomic mass is 19.1. The Bertz CT molecular complexity index is 511. The second-order valence-corrected chi connectivity index (χ2v) is 3.76. The van der Waals surface area contributed by atoms with Gasteiger partial charge >= 0.3 is 5.97 Å². The number of carbonyl (C=O) groups excluding carboxylic acids is 2. The number of nitrogens with zero attached hydrogens (tertiary/aromatic N) is 1. The molecule has 19 heavy (non-hydrogen) atoms. The molecule has 1 N–H and O–H groups in total. The number of nitriles is 1. The number of carbonyl (C=O) groups is 2. The van der Waals surface area contributed by atoms with Crippen molar-refractivity contribution in [2.45, 2.75) is 18.9 Å². The number of benzene rings is 1. The molecular formula is C13H13FN2O3. The average molecular weight is 264 g/mol. The van der Waals surface area contributed by atoms with E-state index in [2.05, 4.69) is 10.1 Å². The SMILES string of the molecule is COC(=O)[C@H](CCC#N)NC(=O)c1cccc(F)c1. The van der Waals surface area contributed by atoms with Crippen LogP contribution in [0.1, 0.15) is 23.2 Å². The summed E-state index contributed by atoms with van der Waals surface area (Å²) in [6.07, 6.45) is 0.243. The van der Waals surface area contributed by atoms with Crippen molar-refractivity contribution in [1.29, 1.82) is 5.26 Å². The smallest absolute Gasteiger partial charge is 0.328 e.